The number of aromatic nitrogens is 8. The summed E-state index contributed by atoms with van der Waals surface area (Å²) in [5.74, 6) is 0. The molecule has 136 heavy (non-hydrogen) atoms. The van der Waals surface area contributed by atoms with Crippen LogP contribution in [0.3, 0.4) is 0 Å². The van der Waals surface area contributed by atoms with E-state index >= 15 is 0 Å². The zero-order valence-corrected chi connectivity index (χ0v) is 78.9. The highest BCUT2D eigenvalue weighted by Crippen LogP contribution is 2.51. The van der Waals surface area contributed by atoms with Crippen molar-refractivity contribution in [1.29, 1.82) is 21.0 Å². The van der Waals surface area contributed by atoms with Crippen LogP contribution in [0.4, 0.5) is 22.7 Å². The van der Waals surface area contributed by atoms with E-state index < -0.39 is 16.1 Å². The lowest BCUT2D eigenvalue weighted by atomic mass is 9.85. The number of hydrogen-bond donors (Lipinski definition) is 0. The summed E-state index contributed by atoms with van der Waals surface area (Å²) in [5.41, 5.74) is 24.9. The Balaban J connectivity index is 0.000000163. The standard InChI is InChI=1S/C60H42N8.C58H42N8Si2/c1-59(2,3)37-11-19-51(65-33-37)57-43-17-15-42(68-54-22-10-36(32-62)26-46(54)48-28-40(64-8)14-24-56(48)68)30-50(43)58(52-20-12-38(34-66-52)60(4,5)6)44-18-16-41(29-49(44)57)67-53-21-9-35(31-61)25-45(53)47-27-39(63-7)13-23-55(47)67;1-61-37-11-23-55-47(27-37)45-25-35(31-59)9-21-53(45)65(55)39-13-17-43-49(29-39)57(51-19-15-41(33-63-51)67(3,4)5)44-18-14-40(30-50(44)58(43)52-20-16-42(34-64-52)68(6,7)8)66-54-22-10-36(32-60)26-46(54)48-28-38(62-2)12-24-56(48)66/h9-30,33-34H,1-6H3;9-30,33-34H,3-8H3. The van der Waals surface area contributed by atoms with Crippen LogP contribution in [0, 0.1) is 71.6 Å². The average Bonchev–Trinajstić information content (AvgIpc) is 1.17. The number of nitrogens with zero attached hydrogens (tertiary/aromatic N) is 16. The first-order chi connectivity index (χ1) is 65.5. The molecule has 22 aromatic rings. The summed E-state index contributed by atoms with van der Waals surface area (Å²) in [4.78, 5) is 36.0. The lowest BCUT2D eigenvalue weighted by Gasteiger charge is -2.22. The van der Waals surface area contributed by atoms with E-state index in [-0.39, 0.29) is 10.8 Å². The van der Waals surface area contributed by atoms with Crippen molar-refractivity contribution in [3.05, 3.63) is 371 Å². The highest BCUT2D eigenvalue weighted by molar-refractivity contribution is 6.89. The van der Waals surface area contributed by atoms with Gasteiger partial charge in [-0.25, -0.2) is 19.4 Å². The number of hydrogen-bond acceptors (Lipinski definition) is 8. The Labute approximate surface area is 787 Å². The van der Waals surface area contributed by atoms with Crippen LogP contribution in [0.1, 0.15) is 74.9 Å². The van der Waals surface area contributed by atoms with Gasteiger partial charge in [0.2, 0.25) is 0 Å². The molecule has 14 aromatic carbocycles. The predicted octanol–water partition coefficient (Wildman–Crippen LogP) is 30.0. The molecule has 0 spiro atoms. The monoisotopic (exact) mass is 1780 g/mol. The molecule has 22 rings (SSSR count). The van der Waals surface area contributed by atoms with Gasteiger partial charge in [-0.15, -0.1) is 0 Å². The Morgan fingerprint density at radius 3 is 0.654 bits per heavy atom. The highest BCUT2D eigenvalue weighted by atomic mass is 28.3. The molecule has 8 heterocycles. The van der Waals surface area contributed by atoms with E-state index in [1.165, 1.54) is 10.4 Å². The van der Waals surface area contributed by atoms with Crippen LogP contribution in [0.2, 0.25) is 39.3 Å². The average molecular weight is 1780 g/mol. The maximum atomic E-state index is 9.94. The van der Waals surface area contributed by atoms with Gasteiger partial charge in [0.1, 0.15) is 0 Å². The molecule has 0 amide bonds. The lowest BCUT2D eigenvalue weighted by molar-refractivity contribution is 0.587. The van der Waals surface area contributed by atoms with Crippen molar-refractivity contribution in [3.63, 3.8) is 0 Å². The number of rotatable bonds is 10. The van der Waals surface area contributed by atoms with Crippen molar-refractivity contribution in [1.82, 2.24) is 38.2 Å². The summed E-state index contributed by atoms with van der Waals surface area (Å²) in [6, 6.07) is 99.3. The summed E-state index contributed by atoms with van der Waals surface area (Å²) in [6.45, 7) is 58.4. The number of benzene rings is 14. The smallest absolute Gasteiger partial charge is 0.188 e. The minimum Gasteiger partial charge on any atom is -0.309 e. The zero-order valence-electron chi connectivity index (χ0n) is 76.9. The largest absolute Gasteiger partial charge is 0.309 e. The third-order valence-corrected chi connectivity index (χ3v) is 30.8. The summed E-state index contributed by atoms with van der Waals surface area (Å²) in [5, 5.41) is 57.6. The van der Waals surface area contributed by atoms with Crippen molar-refractivity contribution in [2.75, 3.05) is 0 Å². The minimum absolute atomic E-state index is 0.104. The van der Waals surface area contributed by atoms with Crippen LogP contribution in [-0.2, 0) is 10.8 Å². The second kappa shape index (κ2) is 32.1. The summed E-state index contributed by atoms with van der Waals surface area (Å²) in [6.07, 6.45) is 8.10. The van der Waals surface area contributed by atoms with Crippen molar-refractivity contribution in [2.24, 2.45) is 0 Å². The van der Waals surface area contributed by atoms with Crippen LogP contribution < -0.4 is 10.4 Å². The SMILES string of the molecule is [C-]#[N+]c1ccc2c(c1)c1cc(C#N)ccc1n2-c1ccc2c(-c3ccc(C(C)(C)C)cn3)c3cc(-n4c5ccc(C#N)cc5c5cc([N+]#[C-])ccc54)ccc3c(-c3ccc(C(C)(C)C)cn3)c2c1.[C-]#[N+]c1ccc2c(c1)c1cc(C#N)ccc1n2-c1ccc2c(-c3ccc([Si](C)(C)C)cn3)c3cc(-n4c5ccc(C#N)cc5c5cc([N+]#[C-])ccc54)ccc3c(-c3ccc([Si](C)(C)C)cn3)c2c1. The zero-order chi connectivity index (χ0) is 94.4. The third-order valence-electron chi connectivity index (χ3n) is 26.8. The molecule has 0 aliphatic carbocycles. The fourth-order valence-electron chi connectivity index (χ4n) is 19.7. The Kier molecular flexibility index (Phi) is 20.1. The molecule has 8 aromatic heterocycles. The Bertz CT molecular complexity index is 7980. The molecule has 0 radical (unpaired) electrons. The summed E-state index contributed by atoms with van der Waals surface area (Å²) < 4.78 is 8.92. The van der Waals surface area contributed by atoms with E-state index in [4.69, 9.17) is 46.2 Å². The van der Waals surface area contributed by atoms with E-state index in [0.29, 0.717) is 45.0 Å². The Hall–Kier alpha value is -17.7. The molecule has 0 unspecified atom stereocenters. The van der Waals surface area contributed by atoms with Gasteiger partial charge in [0.15, 0.2) is 22.7 Å². The molecule has 16 nitrogen and oxygen atoms in total. The third kappa shape index (κ3) is 14.2. The number of pyridine rings is 4. The molecule has 0 saturated heterocycles. The van der Waals surface area contributed by atoms with Crippen LogP contribution in [0.15, 0.2) is 292 Å². The van der Waals surface area contributed by atoms with Gasteiger partial charge in [-0.05, 0) is 291 Å². The van der Waals surface area contributed by atoms with Crippen LogP contribution in [0.25, 0.3) is 217 Å². The molecular weight excluding hydrogens is 1700 g/mol. The first-order valence-corrected chi connectivity index (χ1v) is 51.9. The number of nitriles is 4. The van der Waals surface area contributed by atoms with Gasteiger partial charge in [0.25, 0.3) is 0 Å². The van der Waals surface area contributed by atoms with Crippen LogP contribution in [0.5, 0.6) is 0 Å². The molecule has 18 heteroatoms. The van der Waals surface area contributed by atoms with E-state index in [1.807, 2.05) is 158 Å². The first-order valence-electron chi connectivity index (χ1n) is 44.9. The van der Waals surface area contributed by atoms with E-state index in [0.717, 1.165) is 209 Å². The molecular formula is C118H84N16Si2. The molecule has 0 atom stereocenters. The van der Waals surface area contributed by atoms with Crippen molar-refractivity contribution in [3.8, 4) is 92.1 Å². The molecule has 0 fully saturated rings. The fraction of sp³-hybridized carbons (Fsp3) is 0.119. The van der Waals surface area contributed by atoms with Crippen LogP contribution in [-0.4, -0.2) is 54.4 Å². The molecule has 0 aliphatic rings. The normalized spacial score (nSPS) is 11.9. The van der Waals surface area contributed by atoms with E-state index in [9.17, 15) is 21.0 Å². The minimum atomic E-state index is -1.69. The second-order valence-corrected chi connectivity index (χ2v) is 49.3. The van der Waals surface area contributed by atoms with Gasteiger partial charge in [-0.1, -0.05) is 154 Å². The predicted molar refractivity (Wildman–Crippen MR) is 560 cm³/mol. The Morgan fingerprint density at radius 1 is 0.243 bits per heavy atom. The maximum Gasteiger partial charge on any atom is 0.188 e. The summed E-state index contributed by atoms with van der Waals surface area (Å²) >= 11 is 0. The van der Waals surface area contributed by atoms with Crippen molar-refractivity contribution >= 4 is 180 Å². The van der Waals surface area contributed by atoms with E-state index in [2.05, 4.69) is 276 Å². The summed E-state index contributed by atoms with van der Waals surface area (Å²) in [7, 11) is -3.38. The molecule has 0 bridgehead atoms. The molecule has 644 valence electrons. The molecule has 0 aliphatic heterocycles. The second-order valence-electron chi connectivity index (χ2n) is 39.1. The van der Waals surface area contributed by atoms with Gasteiger partial charge >= 0.3 is 0 Å². The maximum absolute atomic E-state index is 9.94. The van der Waals surface area contributed by atoms with Crippen LogP contribution >= 0.6 is 0 Å². The molecule has 0 N–H and O–H groups in total. The molecule has 0 saturated carbocycles. The topological polar surface area (TPSA) is 184 Å². The highest BCUT2D eigenvalue weighted by Gasteiger charge is 2.30. The van der Waals surface area contributed by atoms with Gasteiger partial charge < -0.3 is 18.3 Å². The quantitative estimate of drug-likeness (QED) is 0.0736. The number of fused-ring (bicyclic) bond motifs is 16. The lowest BCUT2D eigenvalue weighted by Crippen LogP contribution is -2.37. The van der Waals surface area contributed by atoms with Gasteiger partial charge in [0, 0.05) is 91.3 Å². The van der Waals surface area contributed by atoms with E-state index in [1.54, 1.807) is 0 Å². The van der Waals surface area contributed by atoms with Gasteiger partial charge in [-0.3, -0.25) is 19.9 Å². The Morgan fingerprint density at radius 2 is 0.463 bits per heavy atom. The first kappa shape index (κ1) is 85.1. The fourth-order valence-corrected chi connectivity index (χ4v) is 21.8. The van der Waals surface area contributed by atoms with Gasteiger partial charge in [0.05, 0.1) is 156 Å². The van der Waals surface area contributed by atoms with Crippen molar-refractivity contribution < 1.29 is 0 Å². The van der Waals surface area contributed by atoms with Crippen molar-refractivity contribution in [2.45, 2.75) is 91.7 Å². The van der Waals surface area contributed by atoms with Gasteiger partial charge in [-0.2, -0.15) is 21.0 Å².